The normalized spacial score (nSPS) is 22.7. The summed E-state index contributed by atoms with van der Waals surface area (Å²) in [6, 6.07) is 0.0449. The molecule has 104 valence electrons. The second kappa shape index (κ2) is 5.89. The van der Waals surface area contributed by atoms with Crippen LogP contribution in [-0.4, -0.2) is 49.6 Å². The largest absolute Gasteiger partial charge is 0.347 e. The first-order valence-corrected chi connectivity index (χ1v) is 6.92. The van der Waals surface area contributed by atoms with Crippen molar-refractivity contribution in [1.82, 2.24) is 10.2 Å². The predicted octanol–water partition coefficient (Wildman–Crippen LogP) is 1.58. The van der Waals surface area contributed by atoms with E-state index in [9.17, 15) is 4.79 Å². The summed E-state index contributed by atoms with van der Waals surface area (Å²) >= 11 is 0. The number of ether oxygens (including phenoxy) is 2. The molecule has 0 aromatic carbocycles. The van der Waals surface area contributed by atoms with Crippen molar-refractivity contribution in [1.29, 1.82) is 0 Å². The standard InChI is InChI=1S/C13H24N2O3/c1-11(2)3-6-14-12(16)15-7-4-13(5-8-15)17-9-10-18-13/h11H,3-10H2,1-2H3,(H,14,16). The summed E-state index contributed by atoms with van der Waals surface area (Å²) in [5.41, 5.74) is 0. The molecule has 18 heavy (non-hydrogen) atoms. The van der Waals surface area contributed by atoms with Crippen molar-refractivity contribution in [3.05, 3.63) is 0 Å². The summed E-state index contributed by atoms with van der Waals surface area (Å²) in [4.78, 5) is 13.8. The van der Waals surface area contributed by atoms with Crippen molar-refractivity contribution in [2.75, 3.05) is 32.8 Å². The Morgan fingerprint density at radius 3 is 2.44 bits per heavy atom. The number of carbonyl (C=O) groups excluding carboxylic acids is 1. The maximum absolute atomic E-state index is 11.9. The third-order valence-electron chi connectivity index (χ3n) is 3.62. The monoisotopic (exact) mass is 256 g/mol. The van der Waals surface area contributed by atoms with Gasteiger partial charge >= 0.3 is 6.03 Å². The molecule has 1 N–H and O–H groups in total. The van der Waals surface area contributed by atoms with Gasteiger partial charge in [0.05, 0.1) is 13.2 Å². The van der Waals surface area contributed by atoms with Crippen LogP contribution in [-0.2, 0) is 9.47 Å². The second-order valence-corrected chi connectivity index (χ2v) is 5.51. The summed E-state index contributed by atoms with van der Waals surface area (Å²) < 4.78 is 11.3. The van der Waals surface area contributed by atoms with E-state index >= 15 is 0 Å². The fraction of sp³-hybridized carbons (Fsp3) is 0.923. The Labute approximate surface area is 109 Å². The summed E-state index contributed by atoms with van der Waals surface area (Å²) in [5.74, 6) is 0.226. The number of rotatable bonds is 3. The molecule has 2 aliphatic rings. The molecule has 0 aliphatic carbocycles. The van der Waals surface area contributed by atoms with Crippen LogP contribution in [0.5, 0.6) is 0 Å². The first-order chi connectivity index (χ1) is 8.61. The molecule has 0 unspecified atom stereocenters. The lowest BCUT2D eigenvalue weighted by molar-refractivity contribution is -0.181. The predicted molar refractivity (Wildman–Crippen MR) is 68.3 cm³/mol. The highest BCUT2D eigenvalue weighted by atomic mass is 16.7. The van der Waals surface area contributed by atoms with Gasteiger partial charge in [-0.05, 0) is 12.3 Å². The molecule has 2 saturated heterocycles. The fourth-order valence-electron chi connectivity index (χ4n) is 2.42. The third kappa shape index (κ3) is 3.36. The molecular weight excluding hydrogens is 232 g/mol. The summed E-state index contributed by atoms with van der Waals surface area (Å²) in [5, 5.41) is 2.97. The van der Waals surface area contributed by atoms with Gasteiger partial charge < -0.3 is 19.7 Å². The molecule has 0 aromatic rings. The van der Waals surface area contributed by atoms with Crippen LogP contribution in [0.2, 0.25) is 0 Å². The molecule has 2 aliphatic heterocycles. The topological polar surface area (TPSA) is 50.8 Å². The van der Waals surface area contributed by atoms with E-state index in [1.807, 2.05) is 4.90 Å². The lowest BCUT2D eigenvalue weighted by Gasteiger charge is -2.37. The highest BCUT2D eigenvalue weighted by Crippen LogP contribution is 2.31. The van der Waals surface area contributed by atoms with Gasteiger partial charge in [0.1, 0.15) is 0 Å². The number of hydrogen-bond acceptors (Lipinski definition) is 3. The Kier molecular flexibility index (Phi) is 4.45. The van der Waals surface area contributed by atoms with Crippen LogP contribution in [0.1, 0.15) is 33.1 Å². The zero-order valence-corrected chi connectivity index (χ0v) is 11.4. The third-order valence-corrected chi connectivity index (χ3v) is 3.62. The Morgan fingerprint density at radius 2 is 1.89 bits per heavy atom. The molecule has 5 nitrogen and oxygen atoms in total. The van der Waals surface area contributed by atoms with E-state index in [0.29, 0.717) is 32.2 Å². The molecule has 5 heteroatoms. The Hall–Kier alpha value is -0.810. The number of amides is 2. The fourth-order valence-corrected chi connectivity index (χ4v) is 2.42. The average Bonchev–Trinajstić information content (AvgIpc) is 2.78. The average molecular weight is 256 g/mol. The van der Waals surface area contributed by atoms with Gasteiger partial charge in [0, 0.05) is 32.5 Å². The second-order valence-electron chi connectivity index (χ2n) is 5.51. The maximum Gasteiger partial charge on any atom is 0.317 e. The van der Waals surface area contributed by atoms with E-state index in [0.717, 1.165) is 25.8 Å². The Balaban J connectivity index is 1.70. The molecule has 2 heterocycles. The van der Waals surface area contributed by atoms with E-state index in [1.54, 1.807) is 0 Å². The summed E-state index contributed by atoms with van der Waals surface area (Å²) in [7, 11) is 0. The van der Waals surface area contributed by atoms with E-state index in [-0.39, 0.29) is 6.03 Å². The number of nitrogens with zero attached hydrogens (tertiary/aromatic N) is 1. The maximum atomic E-state index is 11.9. The number of likely N-dealkylation sites (tertiary alicyclic amines) is 1. The van der Waals surface area contributed by atoms with Crippen molar-refractivity contribution >= 4 is 6.03 Å². The van der Waals surface area contributed by atoms with Crippen LogP contribution in [0.3, 0.4) is 0 Å². The van der Waals surface area contributed by atoms with Gasteiger partial charge in [0.15, 0.2) is 5.79 Å². The van der Waals surface area contributed by atoms with E-state index in [2.05, 4.69) is 19.2 Å². The highest BCUT2D eigenvalue weighted by Gasteiger charge is 2.40. The molecule has 0 aromatic heterocycles. The molecule has 0 bridgehead atoms. The zero-order chi connectivity index (χ0) is 13.0. The molecule has 2 rings (SSSR count). The Bertz CT molecular complexity index is 278. The van der Waals surface area contributed by atoms with Gasteiger partial charge in [-0.15, -0.1) is 0 Å². The van der Waals surface area contributed by atoms with Gasteiger partial charge in [-0.25, -0.2) is 4.79 Å². The number of urea groups is 1. The Morgan fingerprint density at radius 1 is 1.28 bits per heavy atom. The molecular formula is C13H24N2O3. The minimum Gasteiger partial charge on any atom is -0.347 e. The van der Waals surface area contributed by atoms with Crippen LogP contribution in [0.15, 0.2) is 0 Å². The summed E-state index contributed by atoms with van der Waals surface area (Å²) in [6.45, 7) is 7.87. The van der Waals surface area contributed by atoms with E-state index < -0.39 is 5.79 Å². The minimum absolute atomic E-state index is 0.0449. The highest BCUT2D eigenvalue weighted by molar-refractivity contribution is 5.74. The van der Waals surface area contributed by atoms with Crippen molar-refractivity contribution in [2.45, 2.75) is 38.9 Å². The SMILES string of the molecule is CC(C)CCNC(=O)N1CCC2(CC1)OCCO2. The first-order valence-electron chi connectivity index (χ1n) is 6.92. The summed E-state index contributed by atoms with van der Waals surface area (Å²) in [6.07, 6.45) is 2.59. The van der Waals surface area contributed by atoms with Crippen LogP contribution in [0.4, 0.5) is 4.79 Å². The van der Waals surface area contributed by atoms with E-state index in [1.165, 1.54) is 0 Å². The quantitative estimate of drug-likeness (QED) is 0.834. The van der Waals surface area contributed by atoms with Crippen molar-refractivity contribution < 1.29 is 14.3 Å². The van der Waals surface area contributed by atoms with Crippen molar-refractivity contribution in [3.8, 4) is 0 Å². The van der Waals surface area contributed by atoms with Gasteiger partial charge in [-0.1, -0.05) is 13.8 Å². The van der Waals surface area contributed by atoms with Gasteiger partial charge in [-0.2, -0.15) is 0 Å². The van der Waals surface area contributed by atoms with Gasteiger partial charge in [0.25, 0.3) is 0 Å². The van der Waals surface area contributed by atoms with Gasteiger partial charge in [-0.3, -0.25) is 0 Å². The van der Waals surface area contributed by atoms with Crippen molar-refractivity contribution in [2.24, 2.45) is 5.92 Å². The lowest BCUT2D eigenvalue weighted by Crippen LogP contribution is -2.50. The van der Waals surface area contributed by atoms with Crippen LogP contribution in [0, 0.1) is 5.92 Å². The van der Waals surface area contributed by atoms with Gasteiger partial charge in [0.2, 0.25) is 0 Å². The molecule has 0 saturated carbocycles. The zero-order valence-electron chi connectivity index (χ0n) is 11.4. The molecule has 2 amide bonds. The minimum atomic E-state index is -0.394. The molecule has 0 radical (unpaired) electrons. The van der Waals surface area contributed by atoms with Crippen LogP contribution < -0.4 is 5.32 Å². The van der Waals surface area contributed by atoms with E-state index in [4.69, 9.17) is 9.47 Å². The number of nitrogens with one attached hydrogen (secondary N) is 1. The molecule has 1 spiro atoms. The smallest absolute Gasteiger partial charge is 0.317 e. The number of hydrogen-bond donors (Lipinski definition) is 1. The molecule has 0 atom stereocenters. The van der Waals surface area contributed by atoms with Crippen LogP contribution in [0.25, 0.3) is 0 Å². The lowest BCUT2D eigenvalue weighted by atomic mass is 10.0. The molecule has 2 fully saturated rings. The van der Waals surface area contributed by atoms with Crippen LogP contribution >= 0.6 is 0 Å². The number of piperidine rings is 1. The first kappa shape index (κ1) is 13.6. The number of carbonyl (C=O) groups is 1. The van der Waals surface area contributed by atoms with Crippen molar-refractivity contribution in [3.63, 3.8) is 0 Å².